The van der Waals surface area contributed by atoms with Gasteiger partial charge in [0.2, 0.25) is 12.7 Å². The Morgan fingerprint density at radius 2 is 1.90 bits per heavy atom. The van der Waals surface area contributed by atoms with Gasteiger partial charge in [-0.15, -0.1) is 11.8 Å². The maximum atomic E-state index is 11.9. The highest BCUT2D eigenvalue weighted by Gasteiger charge is 2.14. The molecule has 0 saturated heterocycles. The number of hydrogen-bond donors (Lipinski definition) is 2. The lowest BCUT2D eigenvalue weighted by atomic mass is 10.3. The third-order valence-electron chi connectivity index (χ3n) is 2.91. The predicted molar refractivity (Wildman–Crippen MR) is 82.8 cm³/mol. The number of benzene rings is 2. The summed E-state index contributed by atoms with van der Waals surface area (Å²) in [6.45, 7) is 0.222. The van der Waals surface area contributed by atoms with Crippen LogP contribution in [0, 0.1) is 0 Å². The molecule has 1 aliphatic heterocycles. The molecule has 1 heterocycles. The molecule has 0 unspecified atom stereocenters. The standard InChI is InChI=1S/C15H14N2O3S/c16-10-1-4-12(5-2-10)21-8-15(18)17-11-3-6-13-14(7-11)20-9-19-13/h1-7H,8-9,16H2,(H,17,18). The van der Waals surface area contributed by atoms with Gasteiger partial charge >= 0.3 is 0 Å². The molecule has 6 heteroatoms. The average molecular weight is 302 g/mol. The van der Waals surface area contributed by atoms with Crippen molar-refractivity contribution in [3.05, 3.63) is 42.5 Å². The van der Waals surface area contributed by atoms with Crippen molar-refractivity contribution >= 4 is 29.0 Å². The number of thioether (sulfide) groups is 1. The maximum absolute atomic E-state index is 11.9. The van der Waals surface area contributed by atoms with Crippen LogP contribution in [0.4, 0.5) is 11.4 Å². The van der Waals surface area contributed by atoms with Crippen LogP contribution in [0.5, 0.6) is 11.5 Å². The Bertz CT molecular complexity index is 658. The monoisotopic (exact) mass is 302 g/mol. The van der Waals surface area contributed by atoms with E-state index in [1.54, 1.807) is 18.2 Å². The summed E-state index contributed by atoms with van der Waals surface area (Å²) in [5.41, 5.74) is 7.03. The molecule has 1 aliphatic rings. The molecule has 2 aromatic rings. The molecule has 0 radical (unpaired) electrons. The van der Waals surface area contributed by atoms with E-state index < -0.39 is 0 Å². The van der Waals surface area contributed by atoms with Crippen molar-refractivity contribution in [3.8, 4) is 11.5 Å². The number of nitrogens with two attached hydrogens (primary N) is 1. The number of hydrogen-bond acceptors (Lipinski definition) is 5. The van der Waals surface area contributed by atoms with Crippen molar-refractivity contribution in [2.24, 2.45) is 0 Å². The molecule has 0 atom stereocenters. The van der Waals surface area contributed by atoms with Crippen LogP contribution >= 0.6 is 11.8 Å². The smallest absolute Gasteiger partial charge is 0.234 e. The summed E-state index contributed by atoms with van der Waals surface area (Å²) < 4.78 is 10.5. The maximum Gasteiger partial charge on any atom is 0.234 e. The number of carbonyl (C=O) groups is 1. The summed E-state index contributed by atoms with van der Waals surface area (Å²) in [5, 5.41) is 2.83. The van der Waals surface area contributed by atoms with E-state index in [0.717, 1.165) is 4.90 Å². The van der Waals surface area contributed by atoms with Gasteiger partial charge in [0.15, 0.2) is 11.5 Å². The van der Waals surface area contributed by atoms with Crippen molar-refractivity contribution in [2.75, 3.05) is 23.6 Å². The van der Waals surface area contributed by atoms with Gasteiger partial charge in [-0.25, -0.2) is 0 Å². The highest BCUT2D eigenvalue weighted by molar-refractivity contribution is 8.00. The minimum absolute atomic E-state index is 0.0734. The van der Waals surface area contributed by atoms with Crippen LogP contribution in [-0.2, 0) is 4.79 Å². The first-order valence-corrected chi connectivity index (χ1v) is 7.37. The molecule has 0 aliphatic carbocycles. The van der Waals surface area contributed by atoms with Gasteiger partial charge in [-0.2, -0.15) is 0 Å². The Morgan fingerprint density at radius 3 is 2.71 bits per heavy atom. The largest absolute Gasteiger partial charge is 0.454 e. The number of nitrogens with one attached hydrogen (secondary N) is 1. The van der Waals surface area contributed by atoms with Gasteiger partial charge in [-0.1, -0.05) is 0 Å². The summed E-state index contributed by atoms with van der Waals surface area (Å²) in [4.78, 5) is 12.9. The molecule has 1 amide bonds. The molecule has 108 valence electrons. The molecule has 5 nitrogen and oxygen atoms in total. The highest BCUT2D eigenvalue weighted by Crippen LogP contribution is 2.34. The third kappa shape index (κ3) is 3.41. The molecular formula is C15H14N2O3S. The van der Waals surface area contributed by atoms with Crippen LogP contribution in [0.1, 0.15) is 0 Å². The number of nitrogen functional groups attached to an aromatic ring is 1. The van der Waals surface area contributed by atoms with Gasteiger partial charge < -0.3 is 20.5 Å². The lowest BCUT2D eigenvalue weighted by Gasteiger charge is -2.06. The number of rotatable bonds is 4. The second kappa shape index (κ2) is 5.97. The van der Waals surface area contributed by atoms with E-state index >= 15 is 0 Å². The van der Waals surface area contributed by atoms with Crippen LogP contribution in [-0.4, -0.2) is 18.5 Å². The zero-order chi connectivity index (χ0) is 14.7. The number of carbonyl (C=O) groups excluding carboxylic acids is 1. The summed E-state index contributed by atoms with van der Waals surface area (Å²) in [7, 11) is 0. The van der Waals surface area contributed by atoms with Gasteiger partial charge in [0.25, 0.3) is 0 Å². The Kier molecular flexibility index (Phi) is 3.87. The fourth-order valence-electron chi connectivity index (χ4n) is 1.88. The molecule has 2 aromatic carbocycles. The molecule has 0 spiro atoms. The summed E-state index contributed by atoms with van der Waals surface area (Å²) in [6.07, 6.45) is 0. The quantitative estimate of drug-likeness (QED) is 0.671. The van der Waals surface area contributed by atoms with Crippen LogP contribution in [0.2, 0.25) is 0 Å². The first-order valence-electron chi connectivity index (χ1n) is 6.38. The molecule has 3 rings (SSSR count). The SMILES string of the molecule is Nc1ccc(SCC(=O)Nc2ccc3c(c2)OCO3)cc1. The van der Waals surface area contributed by atoms with Crippen LogP contribution in [0.3, 0.4) is 0 Å². The Labute approximate surface area is 126 Å². The minimum atomic E-state index is -0.0734. The van der Waals surface area contributed by atoms with Crippen LogP contribution in [0.25, 0.3) is 0 Å². The summed E-state index contributed by atoms with van der Waals surface area (Å²) >= 11 is 1.46. The zero-order valence-electron chi connectivity index (χ0n) is 11.2. The highest BCUT2D eigenvalue weighted by atomic mass is 32.2. The number of anilines is 2. The second-order valence-corrected chi connectivity index (χ2v) is 5.52. The van der Waals surface area contributed by atoms with E-state index in [4.69, 9.17) is 15.2 Å². The molecule has 21 heavy (non-hydrogen) atoms. The van der Waals surface area contributed by atoms with E-state index in [0.29, 0.717) is 28.6 Å². The molecule has 0 fully saturated rings. The number of fused-ring (bicyclic) bond motifs is 1. The van der Waals surface area contributed by atoms with Crippen molar-refractivity contribution in [1.29, 1.82) is 0 Å². The van der Waals surface area contributed by atoms with E-state index in [-0.39, 0.29) is 12.7 Å². The van der Waals surface area contributed by atoms with Gasteiger partial charge in [0, 0.05) is 22.3 Å². The molecular weight excluding hydrogens is 288 g/mol. The fourth-order valence-corrected chi connectivity index (χ4v) is 2.58. The summed E-state index contributed by atoms with van der Waals surface area (Å²) in [6, 6.07) is 12.8. The molecule has 0 aromatic heterocycles. The zero-order valence-corrected chi connectivity index (χ0v) is 12.0. The predicted octanol–water partition coefficient (Wildman–Crippen LogP) is 2.73. The lowest BCUT2D eigenvalue weighted by Crippen LogP contribution is -2.13. The number of ether oxygens (including phenoxy) is 2. The Hall–Kier alpha value is -2.34. The number of amides is 1. The van der Waals surface area contributed by atoms with Crippen molar-refractivity contribution in [1.82, 2.24) is 0 Å². The van der Waals surface area contributed by atoms with Gasteiger partial charge in [-0.3, -0.25) is 4.79 Å². The molecule has 0 bridgehead atoms. The second-order valence-electron chi connectivity index (χ2n) is 4.47. The van der Waals surface area contributed by atoms with Crippen LogP contribution < -0.4 is 20.5 Å². The minimum Gasteiger partial charge on any atom is -0.454 e. The Morgan fingerprint density at radius 1 is 1.14 bits per heavy atom. The fraction of sp³-hybridized carbons (Fsp3) is 0.133. The molecule has 0 saturated carbocycles. The first-order chi connectivity index (χ1) is 10.2. The van der Waals surface area contributed by atoms with Crippen molar-refractivity contribution in [2.45, 2.75) is 4.90 Å². The normalized spacial score (nSPS) is 12.2. The van der Waals surface area contributed by atoms with Crippen molar-refractivity contribution in [3.63, 3.8) is 0 Å². The van der Waals surface area contributed by atoms with E-state index in [9.17, 15) is 4.79 Å². The van der Waals surface area contributed by atoms with Gasteiger partial charge in [-0.05, 0) is 36.4 Å². The topological polar surface area (TPSA) is 73.6 Å². The molecule has 3 N–H and O–H groups in total. The van der Waals surface area contributed by atoms with Gasteiger partial charge in [0.05, 0.1) is 5.75 Å². The van der Waals surface area contributed by atoms with E-state index in [1.807, 2.05) is 24.3 Å². The van der Waals surface area contributed by atoms with Crippen LogP contribution in [0.15, 0.2) is 47.4 Å². The van der Waals surface area contributed by atoms with E-state index in [2.05, 4.69) is 5.32 Å². The van der Waals surface area contributed by atoms with E-state index in [1.165, 1.54) is 11.8 Å². The van der Waals surface area contributed by atoms with Gasteiger partial charge in [0.1, 0.15) is 0 Å². The lowest BCUT2D eigenvalue weighted by molar-refractivity contribution is -0.113. The Balaban J connectivity index is 1.55. The van der Waals surface area contributed by atoms with Crippen molar-refractivity contribution < 1.29 is 14.3 Å². The first kappa shape index (κ1) is 13.6. The summed E-state index contributed by atoms with van der Waals surface area (Å²) in [5.74, 6) is 1.61. The third-order valence-corrected chi connectivity index (χ3v) is 3.92. The average Bonchev–Trinajstić information content (AvgIpc) is 2.94.